The predicted molar refractivity (Wildman–Crippen MR) is 64.6 cm³/mol. The summed E-state index contributed by atoms with van der Waals surface area (Å²) in [4.78, 5) is 8.56. The van der Waals surface area contributed by atoms with E-state index >= 15 is 0 Å². The van der Waals surface area contributed by atoms with Crippen molar-refractivity contribution < 1.29 is 19.7 Å². The molecule has 1 aliphatic rings. The molecule has 0 aliphatic heterocycles. The van der Waals surface area contributed by atoms with E-state index in [1.807, 2.05) is 30.3 Å². The lowest BCUT2D eigenvalue weighted by Crippen LogP contribution is -2.19. The zero-order valence-corrected chi connectivity index (χ0v) is 9.71. The van der Waals surface area contributed by atoms with Crippen LogP contribution < -0.4 is 4.74 Å². The van der Waals surface area contributed by atoms with Crippen LogP contribution in [-0.4, -0.2) is 22.5 Å². The highest BCUT2D eigenvalue weighted by Gasteiger charge is 2.14. The predicted octanol–water partition coefficient (Wildman–Crippen LogP) is 3.62. The van der Waals surface area contributed by atoms with Gasteiger partial charge in [0.25, 0.3) is 0 Å². The maximum absolute atomic E-state index is 8.56. The number of carbonyl (C=O) groups is 1. The third kappa shape index (κ3) is 6.45. The van der Waals surface area contributed by atoms with Crippen LogP contribution in [0.1, 0.15) is 32.1 Å². The summed E-state index contributed by atoms with van der Waals surface area (Å²) in [7, 11) is 0. The van der Waals surface area contributed by atoms with Gasteiger partial charge in [0.1, 0.15) is 5.75 Å². The Morgan fingerprint density at radius 2 is 1.59 bits per heavy atom. The average Bonchev–Trinajstić information content (AvgIpc) is 2.31. The number of hydrogen-bond acceptors (Lipinski definition) is 2. The van der Waals surface area contributed by atoms with Crippen molar-refractivity contribution in [3.05, 3.63) is 30.3 Å². The molecule has 1 saturated carbocycles. The fraction of sp³-hybridized carbons (Fsp3) is 0.462. The number of para-hydroxylation sites is 1. The average molecular weight is 238 g/mol. The minimum absolute atomic E-state index is 0.469. The van der Waals surface area contributed by atoms with E-state index in [1.54, 1.807) is 0 Å². The quantitative estimate of drug-likeness (QED) is 0.825. The van der Waals surface area contributed by atoms with Crippen LogP contribution in [-0.2, 0) is 0 Å². The van der Waals surface area contributed by atoms with Gasteiger partial charge in [0.2, 0.25) is 0 Å². The van der Waals surface area contributed by atoms with Crippen molar-refractivity contribution in [2.24, 2.45) is 0 Å². The van der Waals surface area contributed by atoms with Crippen molar-refractivity contribution in [3.63, 3.8) is 0 Å². The van der Waals surface area contributed by atoms with E-state index in [0.29, 0.717) is 6.10 Å². The van der Waals surface area contributed by atoms with Crippen molar-refractivity contribution in [1.29, 1.82) is 0 Å². The smallest absolute Gasteiger partial charge is 0.490 e. The normalized spacial score (nSPS) is 15.5. The molecule has 0 spiro atoms. The van der Waals surface area contributed by atoms with E-state index in [1.165, 1.54) is 32.1 Å². The molecule has 0 radical (unpaired) electrons. The first-order valence-corrected chi connectivity index (χ1v) is 5.82. The lowest BCUT2D eigenvalue weighted by Gasteiger charge is -2.22. The fourth-order valence-electron chi connectivity index (χ4n) is 1.87. The minimum Gasteiger partial charge on any atom is -0.490 e. The van der Waals surface area contributed by atoms with Gasteiger partial charge in [0.15, 0.2) is 0 Å². The molecule has 1 aliphatic carbocycles. The second-order valence-corrected chi connectivity index (χ2v) is 3.97. The highest BCUT2D eigenvalue weighted by molar-refractivity contribution is 5.53. The van der Waals surface area contributed by atoms with E-state index in [2.05, 4.69) is 0 Å². The number of hydrogen-bond donors (Lipinski definition) is 2. The topological polar surface area (TPSA) is 66.8 Å². The van der Waals surface area contributed by atoms with E-state index in [0.717, 1.165) is 5.75 Å². The van der Waals surface area contributed by atoms with Gasteiger partial charge in [-0.3, -0.25) is 0 Å². The maximum atomic E-state index is 8.56. The van der Waals surface area contributed by atoms with E-state index < -0.39 is 6.16 Å². The SMILES string of the molecule is O=C(O)O.c1ccc(OC2CCCCC2)cc1. The monoisotopic (exact) mass is 238 g/mol. The van der Waals surface area contributed by atoms with Crippen molar-refractivity contribution in [1.82, 2.24) is 0 Å². The molecular weight excluding hydrogens is 220 g/mol. The first-order valence-electron chi connectivity index (χ1n) is 5.82. The highest BCUT2D eigenvalue weighted by Crippen LogP contribution is 2.22. The molecule has 94 valence electrons. The van der Waals surface area contributed by atoms with Crippen molar-refractivity contribution >= 4 is 6.16 Å². The Hall–Kier alpha value is -1.71. The lowest BCUT2D eigenvalue weighted by atomic mass is 9.98. The van der Waals surface area contributed by atoms with E-state index in [4.69, 9.17) is 19.7 Å². The third-order valence-electron chi connectivity index (χ3n) is 2.60. The van der Waals surface area contributed by atoms with Gasteiger partial charge in [-0.05, 0) is 37.8 Å². The molecule has 1 aromatic rings. The first kappa shape index (κ1) is 13.4. The molecule has 0 unspecified atom stereocenters. The Kier molecular flexibility index (Phi) is 5.93. The molecule has 17 heavy (non-hydrogen) atoms. The standard InChI is InChI=1S/C12H16O.CH2O3/c1-3-7-11(8-4-1)13-12-9-5-2-6-10-12;2-1(3)4/h1,3-4,7-8,12H,2,5-6,9-10H2;(H2,2,3,4). The van der Waals surface area contributed by atoms with Crippen LogP contribution in [0.4, 0.5) is 4.79 Å². The molecule has 0 saturated heterocycles. The number of benzene rings is 1. The summed E-state index contributed by atoms with van der Waals surface area (Å²) in [6, 6.07) is 10.1. The van der Waals surface area contributed by atoms with Crippen LogP contribution in [0.2, 0.25) is 0 Å². The zero-order chi connectivity index (χ0) is 12.5. The number of rotatable bonds is 2. The first-order chi connectivity index (χ1) is 8.18. The summed E-state index contributed by atoms with van der Waals surface area (Å²) in [5, 5.41) is 13.9. The molecule has 0 atom stereocenters. The third-order valence-corrected chi connectivity index (χ3v) is 2.60. The Labute approximate surface area is 101 Å². The van der Waals surface area contributed by atoms with Crippen LogP contribution in [0.3, 0.4) is 0 Å². The molecule has 0 amide bonds. The number of ether oxygens (including phenoxy) is 1. The minimum atomic E-state index is -1.83. The molecule has 2 N–H and O–H groups in total. The molecule has 1 aromatic carbocycles. The molecular formula is C13H18O4. The zero-order valence-electron chi connectivity index (χ0n) is 9.71. The molecule has 0 aromatic heterocycles. The second-order valence-electron chi connectivity index (χ2n) is 3.97. The summed E-state index contributed by atoms with van der Waals surface area (Å²) < 4.78 is 5.86. The highest BCUT2D eigenvalue weighted by atomic mass is 16.6. The summed E-state index contributed by atoms with van der Waals surface area (Å²) in [5.74, 6) is 1.02. The van der Waals surface area contributed by atoms with Crippen LogP contribution in [0.25, 0.3) is 0 Å². The van der Waals surface area contributed by atoms with Crippen LogP contribution >= 0.6 is 0 Å². The van der Waals surface area contributed by atoms with Gasteiger partial charge < -0.3 is 14.9 Å². The Morgan fingerprint density at radius 1 is 1.06 bits per heavy atom. The molecule has 0 bridgehead atoms. The molecule has 2 rings (SSSR count). The van der Waals surface area contributed by atoms with Gasteiger partial charge in [-0.2, -0.15) is 0 Å². The summed E-state index contributed by atoms with van der Waals surface area (Å²) in [6.45, 7) is 0. The van der Waals surface area contributed by atoms with Crippen LogP contribution in [0.15, 0.2) is 30.3 Å². The second kappa shape index (κ2) is 7.54. The lowest BCUT2D eigenvalue weighted by molar-refractivity contribution is 0.137. The van der Waals surface area contributed by atoms with Gasteiger partial charge in [0.05, 0.1) is 6.10 Å². The van der Waals surface area contributed by atoms with Crippen LogP contribution in [0, 0.1) is 0 Å². The van der Waals surface area contributed by atoms with E-state index in [9.17, 15) is 0 Å². The van der Waals surface area contributed by atoms with Gasteiger partial charge in [0, 0.05) is 0 Å². The van der Waals surface area contributed by atoms with Crippen molar-refractivity contribution in [3.8, 4) is 5.75 Å². The summed E-state index contributed by atoms with van der Waals surface area (Å²) >= 11 is 0. The van der Waals surface area contributed by atoms with Gasteiger partial charge in [-0.15, -0.1) is 0 Å². The van der Waals surface area contributed by atoms with Gasteiger partial charge >= 0.3 is 6.16 Å². The van der Waals surface area contributed by atoms with Crippen molar-refractivity contribution in [2.75, 3.05) is 0 Å². The Bertz CT molecular complexity index is 313. The Balaban J connectivity index is 0.000000317. The van der Waals surface area contributed by atoms with E-state index in [-0.39, 0.29) is 0 Å². The maximum Gasteiger partial charge on any atom is 0.503 e. The van der Waals surface area contributed by atoms with Crippen LogP contribution in [0.5, 0.6) is 5.75 Å². The molecule has 0 heterocycles. The molecule has 4 heteroatoms. The van der Waals surface area contributed by atoms with Crippen molar-refractivity contribution in [2.45, 2.75) is 38.2 Å². The Morgan fingerprint density at radius 3 is 2.12 bits per heavy atom. The molecule has 1 fully saturated rings. The largest absolute Gasteiger partial charge is 0.503 e. The van der Waals surface area contributed by atoms with Gasteiger partial charge in [-0.25, -0.2) is 4.79 Å². The number of carboxylic acid groups (broad SMARTS) is 2. The molecule has 4 nitrogen and oxygen atoms in total. The summed E-state index contributed by atoms with van der Waals surface area (Å²) in [6.07, 6.45) is 5.14. The fourth-order valence-corrected chi connectivity index (χ4v) is 1.87. The van der Waals surface area contributed by atoms with Gasteiger partial charge in [-0.1, -0.05) is 24.6 Å². The summed E-state index contributed by atoms with van der Waals surface area (Å²) in [5.41, 5.74) is 0.